The maximum absolute atomic E-state index is 12.1. The topological polar surface area (TPSA) is 86.7 Å². The fourth-order valence-corrected chi connectivity index (χ4v) is 4.79. The second-order valence-corrected chi connectivity index (χ2v) is 8.06. The smallest absolute Gasteiger partial charge is 0.261 e. The van der Waals surface area contributed by atoms with Gasteiger partial charge in [0.05, 0.1) is 5.75 Å². The van der Waals surface area contributed by atoms with Gasteiger partial charge in [0.15, 0.2) is 0 Å². The molecule has 3 rings (SSSR count). The number of nitrogens with one attached hydrogen (secondary N) is 1. The lowest BCUT2D eigenvalue weighted by molar-refractivity contribution is -0.132. The van der Waals surface area contributed by atoms with Crippen LogP contribution in [-0.2, 0) is 21.2 Å². The Morgan fingerprint density at radius 3 is 2.36 bits per heavy atom. The molecule has 0 radical (unpaired) electrons. The van der Waals surface area contributed by atoms with Crippen LogP contribution in [0.5, 0.6) is 0 Å². The van der Waals surface area contributed by atoms with E-state index in [4.69, 9.17) is 5.21 Å². The standard InChI is InChI=1S/C18H20N2O4S/c21-18(19-22)17-11-13-25(23,24)20(17)12-10-14-6-8-16(9-7-14)15-4-2-1-3-5-15/h1-9,17,22H,10-13H2,(H,19,21)/t17-/m0/s1. The van der Waals surface area contributed by atoms with Gasteiger partial charge in [-0.25, -0.2) is 13.9 Å². The largest absolute Gasteiger partial charge is 0.289 e. The number of hydrogen-bond acceptors (Lipinski definition) is 4. The molecule has 1 aliphatic heterocycles. The molecule has 132 valence electrons. The molecule has 0 unspecified atom stereocenters. The molecule has 2 N–H and O–H groups in total. The molecule has 0 aromatic heterocycles. The van der Waals surface area contributed by atoms with Crippen molar-refractivity contribution in [1.82, 2.24) is 9.79 Å². The maximum Gasteiger partial charge on any atom is 0.261 e. The van der Waals surface area contributed by atoms with Crippen molar-refractivity contribution in [3.05, 3.63) is 60.2 Å². The van der Waals surface area contributed by atoms with Gasteiger partial charge in [-0.05, 0) is 29.5 Å². The van der Waals surface area contributed by atoms with Crippen molar-refractivity contribution in [2.24, 2.45) is 0 Å². The van der Waals surface area contributed by atoms with Crippen LogP contribution in [0, 0.1) is 0 Å². The van der Waals surface area contributed by atoms with Crippen molar-refractivity contribution in [2.45, 2.75) is 18.9 Å². The number of benzene rings is 2. The van der Waals surface area contributed by atoms with Gasteiger partial charge in [-0.2, -0.15) is 4.31 Å². The van der Waals surface area contributed by atoms with E-state index in [-0.39, 0.29) is 18.7 Å². The summed E-state index contributed by atoms with van der Waals surface area (Å²) in [6.45, 7) is 0.213. The van der Waals surface area contributed by atoms with Crippen molar-refractivity contribution in [1.29, 1.82) is 0 Å². The second kappa shape index (κ2) is 7.35. The Kier molecular flexibility index (Phi) is 5.17. The SMILES string of the molecule is O=C(NO)[C@@H]1CCS(=O)(=O)N1CCc1ccc(-c2ccccc2)cc1. The summed E-state index contributed by atoms with van der Waals surface area (Å²) in [6, 6.07) is 17.1. The average Bonchev–Trinajstić information content (AvgIpc) is 2.95. The summed E-state index contributed by atoms with van der Waals surface area (Å²) < 4.78 is 25.4. The van der Waals surface area contributed by atoms with Gasteiger partial charge in [0, 0.05) is 6.54 Å². The maximum atomic E-state index is 12.1. The summed E-state index contributed by atoms with van der Waals surface area (Å²) in [5.74, 6) is -0.751. The van der Waals surface area contributed by atoms with Gasteiger partial charge in [0.2, 0.25) is 10.0 Å². The van der Waals surface area contributed by atoms with Gasteiger partial charge in [-0.15, -0.1) is 0 Å². The number of carbonyl (C=O) groups excluding carboxylic acids is 1. The monoisotopic (exact) mass is 360 g/mol. The van der Waals surface area contributed by atoms with Crippen molar-refractivity contribution >= 4 is 15.9 Å². The molecule has 1 amide bonds. The van der Waals surface area contributed by atoms with E-state index in [1.807, 2.05) is 54.6 Å². The number of hydroxylamine groups is 1. The highest BCUT2D eigenvalue weighted by Crippen LogP contribution is 2.23. The fourth-order valence-electron chi connectivity index (χ4n) is 3.08. The van der Waals surface area contributed by atoms with Gasteiger partial charge in [-0.3, -0.25) is 10.0 Å². The summed E-state index contributed by atoms with van der Waals surface area (Å²) in [4.78, 5) is 11.7. The Hall–Kier alpha value is -2.22. The van der Waals surface area contributed by atoms with Crippen LogP contribution in [0.1, 0.15) is 12.0 Å². The summed E-state index contributed by atoms with van der Waals surface area (Å²) in [7, 11) is -3.45. The first kappa shape index (κ1) is 17.6. The molecule has 2 aromatic rings. The lowest BCUT2D eigenvalue weighted by Gasteiger charge is -2.21. The number of amides is 1. The molecule has 25 heavy (non-hydrogen) atoms. The van der Waals surface area contributed by atoms with Gasteiger partial charge in [0.25, 0.3) is 5.91 Å². The van der Waals surface area contributed by atoms with Crippen LogP contribution in [0.3, 0.4) is 0 Å². The Bertz CT molecular complexity index is 835. The van der Waals surface area contributed by atoms with Gasteiger partial charge >= 0.3 is 0 Å². The highest BCUT2D eigenvalue weighted by Gasteiger charge is 2.40. The van der Waals surface area contributed by atoms with Crippen LogP contribution in [0.25, 0.3) is 11.1 Å². The van der Waals surface area contributed by atoms with Gasteiger partial charge < -0.3 is 0 Å². The quantitative estimate of drug-likeness (QED) is 0.629. The number of carbonyl (C=O) groups is 1. The highest BCUT2D eigenvalue weighted by atomic mass is 32.2. The van der Waals surface area contributed by atoms with E-state index < -0.39 is 22.0 Å². The third kappa shape index (κ3) is 3.89. The molecule has 0 saturated carbocycles. The van der Waals surface area contributed by atoms with E-state index in [2.05, 4.69) is 0 Å². The molecular formula is C18H20N2O4S. The molecule has 1 aliphatic rings. The predicted molar refractivity (Wildman–Crippen MR) is 94.4 cm³/mol. The molecule has 0 spiro atoms. The van der Waals surface area contributed by atoms with Crippen molar-refractivity contribution < 1.29 is 18.4 Å². The van der Waals surface area contributed by atoms with Gasteiger partial charge in [0.1, 0.15) is 6.04 Å². The van der Waals surface area contributed by atoms with Crippen LogP contribution in [0.2, 0.25) is 0 Å². The normalized spacial score (nSPS) is 19.6. The molecular weight excluding hydrogens is 340 g/mol. The molecule has 1 atom stereocenters. The fraction of sp³-hybridized carbons (Fsp3) is 0.278. The van der Waals surface area contributed by atoms with Crippen LogP contribution >= 0.6 is 0 Å². The molecule has 1 saturated heterocycles. The van der Waals surface area contributed by atoms with Crippen LogP contribution in [0.15, 0.2) is 54.6 Å². The van der Waals surface area contributed by atoms with E-state index in [0.29, 0.717) is 6.42 Å². The lowest BCUT2D eigenvalue weighted by atomic mass is 10.0. The second-order valence-electron chi connectivity index (χ2n) is 6.02. The zero-order valence-corrected chi connectivity index (χ0v) is 14.4. The first-order valence-corrected chi connectivity index (χ1v) is 9.70. The lowest BCUT2D eigenvalue weighted by Crippen LogP contribution is -2.44. The Labute approximate surface area is 147 Å². The number of rotatable bonds is 5. The number of sulfonamides is 1. The average molecular weight is 360 g/mol. The summed E-state index contributed by atoms with van der Waals surface area (Å²) in [5, 5.41) is 8.79. The van der Waals surface area contributed by atoms with Crippen molar-refractivity contribution in [3.63, 3.8) is 0 Å². The van der Waals surface area contributed by atoms with Crippen LogP contribution in [0.4, 0.5) is 0 Å². The third-order valence-corrected chi connectivity index (χ3v) is 6.35. The van der Waals surface area contributed by atoms with Gasteiger partial charge in [-0.1, -0.05) is 54.6 Å². The summed E-state index contributed by atoms with van der Waals surface area (Å²) in [5.41, 5.74) is 4.76. The minimum absolute atomic E-state index is 0.0714. The Morgan fingerprint density at radius 2 is 1.72 bits per heavy atom. The molecule has 6 nitrogen and oxygen atoms in total. The Balaban J connectivity index is 1.69. The first-order chi connectivity index (χ1) is 12.0. The van der Waals surface area contributed by atoms with E-state index in [1.165, 1.54) is 4.31 Å². The van der Waals surface area contributed by atoms with E-state index >= 15 is 0 Å². The zero-order valence-electron chi connectivity index (χ0n) is 13.6. The molecule has 2 aromatic carbocycles. The molecule has 1 fully saturated rings. The minimum atomic E-state index is -3.45. The first-order valence-electron chi connectivity index (χ1n) is 8.09. The number of hydrogen-bond donors (Lipinski definition) is 2. The molecule has 0 bridgehead atoms. The molecule has 0 aliphatic carbocycles. The highest BCUT2D eigenvalue weighted by molar-refractivity contribution is 7.89. The minimum Gasteiger partial charge on any atom is -0.289 e. The number of nitrogens with zero attached hydrogens (tertiary/aromatic N) is 1. The molecule has 7 heteroatoms. The van der Waals surface area contributed by atoms with E-state index in [1.54, 1.807) is 5.48 Å². The zero-order chi connectivity index (χ0) is 17.9. The predicted octanol–water partition coefficient (Wildman–Crippen LogP) is 1.81. The van der Waals surface area contributed by atoms with Crippen LogP contribution in [-0.4, -0.2) is 42.2 Å². The Morgan fingerprint density at radius 1 is 1.08 bits per heavy atom. The summed E-state index contributed by atoms with van der Waals surface area (Å²) in [6.07, 6.45) is 0.700. The van der Waals surface area contributed by atoms with Crippen LogP contribution < -0.4 is 5.48 Å². The van der Waals surface area contributed by atoms with Crippen molar-refractivity contribution in [2.75, 3.05) is 12.3 Å². The third-order valence-electron chi connectivity index (χ3n) is 4.45. The molecule has 1 heterocycles. The van der Waals surface area contributed by atoms with Crippen molar-refractivity contribution in [3.8, 4) is 11.1 Å². The van der Waals surface area contributed by atoms with E-state index in [0.717, 1.165) is 16.7 Å². The van der Waals surface area contributed by atoms with E-state index in [9.17, 15) is 13.2 Å². The summed E-state index contributed by atoms with van der Waals surface area (Å²) >= 11 is 0.